The van der Waals surface area contributed by atoms with Crippen molar-refractivity contribution in [3.63, 3.8) is 0 Å². The Hall–Kier alpha value is -1.07. The van der Waals surface area contributed by atoms with Crippen molar-refractivity contribution in [2.75, 3.05) is 0 Å². The Morgan fingerprint density at radius 1 is 1.54 bits per heavy atom. The van der Waals surface area contributed by atoms with Crippen molar-refractivity contribution < 1.29 is 18.0 Å². The van der Waals surface area contributed by atoms with Crippen molar-refractivity contribution in [3.05, 3.63) is 0 Å². The predicted molar refractivity (Wildman–Crippen MR) is 40.0 cm³/mol. The first-order chi connectivity index (χ1) is 5.76. The van der Waals surface area contributed by atoms with Crippen molar-refractivity contribution in [2.24, 2.45) is 16.4 Å². The molecule has 3 nitrogen and oxygen atoms in total. The van der Waals surface area contributed by atoms with E-state index in [2.05, 4.69) is 5.10 Å². The third kappa shape index (κ3) is 1.66. The van der Waals surface area contributed by atoms with Crippen LogP contribution in [0.4, 0.5) is 13.2 Å². The lowest BCUT2D eigenvalue weighted by atomic mass is 9.77. The van der Waals surface area contributed by atoms with Gasteiger partial charge in [-0.1, -0.05) is 0 Å². The van der Waals surface area contributed by atoms with Gasteiger partial charge in [0, 0.05) is 6.21 Å². The van der Waals surface area contributed by atoms with Crippen molar-refractivity contribution in [1.82, 2.24) is 5.43 Å². The molecule has 1 unspecified atom stereocenters. The standard InChI is InChI=1S/C7H9F3N2O/c1-6(2)4(7(8,9)10)3-11-12-5(6)13/h3-4H,1-2H3,(H,12,13). The number of alkyl halides is 3. The van der Waals surface area contributed by atoms with E-state index in [4.69, 9.17) is 0 Å². The lowest BCUT2D eigenvalue weighted by molar-refractivity contribution is -0.185. The summed E-state index contributed by atoms with van der Waals surface area (Å²) in [4.78, 5) is 11.0. The van der Waals surface area contributed by atoms with E-state index in [1.165, 1.54) is 13.8 Å². The van der Waals surface area contributed by atoms with E-state index in [9.17, 15) is 18.0 Å². The van der Waals surface area contributed by atoms with Crippen LogP contribution < -0.4 is 5.43 Å². The van der Waals surface area contributed by atoms with Crippen molar-refractivity contribution in [2.45, 2.75) is 20.0 Å². The summed E-state index contributed by atoms with van der Waals surface area (Å²) >= 11 is 0. The van der Waals surface area contributed by atoms with Gasteiger partial charge in [0.1, 0.15) is 5.92 Å². The van der Waals surface area contributed by atoms with E-state index in [-0.39, 0.29) is 0 Å². The average Bonchev–Trinajstić information content (AvgIpc) is 1.92. The summed E-state index contributed by atoms with van der Waals surface area (Å²) in [6, 6.07) is 0. The van der Waals surface area contributed by atoms with Gasteiger partial charge in [0.15, 0.2) is 0 Å². The maximum absolute atomic E-state index is 12.3. The van der Waals surface area contributed by atoms with Crippen LogP contribution in [0.3, 0.4) is 0 Å². The van der Waals surface area contributed by atoms with Crippen molar-refractivity contribution >= 4 is 12.1 Å². The van der Waals surface area contributed by atoms with Crippen LogP contribution >= 0.6 is 0 Å². The second kappa shape index (κ2) is 2.71. The zero-order chi connectivity index (χ0) is 10.3. The number of rotatable bonds is 0. The van der Waals surface area contributed by atoms with Gasteiger partial charge in [0.25, 0.3) is 0 Å². The van der Waals surface area contributed by atoms with Crippen LogP contribution in [0, 0.1) is 11.3 Å². The van der Waals surface area contributed by atoms with Gasteiger partial charge in [0.2, 0.25) is 5.91 Å². The molecule has 1 atom stereocenters. The Morgan fingerprint density at radius 3 is 2.46 bits per heavy atom. The lowest BCUT2D eigenvalue weighted by Crippen LogP contribution is -2.50. The fraction of sp³-hybridized carbons (Fsp3) is 0.714. The fourth-order valence-corrected chi connectivity index (χ4v) is 1.14. The number of halogens is 3. The smallest absolute Gasteiger partial charge is 0.273 e. The molecule has 1 heterocycles. The minimum absolute atomic E-state index is 0.711. The molecular weight excluding hydrogens is 185 g/mol. The normalized spacial score (nSPS) is 27.2. The molecule has 6 heteroatoms. The largest absolute Gasteiger partial charge is 0.397 e. The van der Waals surface area contributed by atoms with Crippen LogP contribution in [-0.4, -0.2) is 18.3 Å². The number of hydrogen-bond acceptors (Lipinski definition) is 2. The van der Waals surface area contributed by atoms with Gasteiger partial charge < -0.3 is 0 Å². The summed E-state index contributed by atoms with van der Waals surface area (Å²) in [6.45, 7) is 2.48. The highest BCUT2D eigenvalue weighted by Gasteiger charge is 2.53. The molecule has 1 rings (SSSR count). The molecule has 1 aliphatic heterocycles. The second-order valence-electron chi connectivity index (χ2n) is 3.46. The summed E-state index contributed by atoms with van der Waals surface area (Å²) in [6.07, 6.45) is -3.70. The highest BCUT2D eigenvalue weighted by Crippen LogP contribution is 2.39. The number of nitrogens with one attached hydrogen (secondary N) is 1. The molecule has 0 saturated carbocycles. The fourth-order valence-electron chi connectivity index (χ4n) is 1.14. The first kappa shape index (κ1) is 10.0. The summed E-state index contributed by atoms with van der Waals surface area (Å²) in [5, 5.41) is 3.16. The second-order valence-corrected chi connectivity index (χ2v) is 3.46. The Kier molecular flexibility index (Phi) is 2.09. The maximum Gasteiger partial charge on any atom is 0.397 e. The third-order valence-electron chi connectivity index (χ3n) is 2.11. The van der Waals surface area contributed by atoms with E-state index < -0.39 is 23.4 Å². The third-order valence-corrected chi connectivity index (χ3v) is 2.11. The van der Waals surface area contributed by atoms with Crippen molar-refractivity contribution in [1.29, 1.82) is 0 Å². The molecule has 0 aliphatic carbocycles. The van der Waals surface area contributed by atoms with Gasteiger partial charge >= 0.3 is 6.18 Å². The zero-order valence-corrected chi connectivity index (χ0v) is 7.14. The Morgan fingerprint density at radius 2 is 2.08 bits per heavy atom. The number of hydrogen-bond donors (Lipinski definition) is 1. The van der Waals surface area contributed by atoms with Gasteiger partial charge in [-0.05, 0) is 13.8 Å². The number of hydrazone groups is 1. The minimum atomic E-state index is -4.43. The van der Waals surface area contributed by atoms with E-state index in [1.807, 2.05) is 5.43 Å². The minimum Gasteiger partial charge on any atom is -0.273 e. The van der Waals surface area contributed by atoms with Gasteiger partial charge in [0.05, 0.1) is 5.41 Å². The van der Waals surface area contributed by atoms with Crippen LogP contribution in [0.15, 0.2) is 5.10 Å². The summed E-state index contributed by atoms with van der Waals surface area (Å²) in [5.41, 5.74) is 0.519. The molecular formula is C7H9F3N2O. The zero-order valence-electron chi connectivity index (χ0n) is 7.14. The van der Waals surface area contributed by atoms with Gasteiger partial charge in [-0.25, -0.2) is 5.43 Å². The summed E-state index contributed by atoms with van der Waals surface area (Å²) in [5.74, 6) is -2.52. The maximum atomic E-state index is 12.3. The van der Waals surface area contributed by atoms with E-state index in [1.54, 1.807) is 0 Å². The van der Waals surface area contributed by atoms with Crippen LogP contribution in [0.5, 0.6) is 0 Å². The van der Waals surface area contributed by atoms with Crippen LogP contribution in [0.2, 0.25) is 0 Å². The predicted octanol–water partition coefficient (Wildman–Crippen LogP) is 1.31. The Balaban J connectivity index is 3.03. The quantitative estimate of drug-likeness (QED) is 0.620. The Labute approximate surface area is 73.0 Å². The SMILES string of the molecule is CC1(C)C(=O)NN=CC1C(F)(F)F. The van der Waals surface area contributed by atoms with Crippen molar-refractivity contribution in [3.8, 4) is 0 Å². The molecule has 0 radical (unpaired) electrons. The van der Waals surface area contributed by atoms with Crippen LogP contribution in [-0.2, 0) is 4.79 Å². The van der Waals surface area contributed by atoms with E-state index >= 15 is 0 Å². The highest BCUT2D eigenvalue weighted by molar-refractivity contribution is 5.89. The monoisotopic (exact) mass is 194 g/mol. The molecule has 1 aliphatic rings. The van der Waals surface area contributed by atoms with Crippen LogP contribution in [0.1, 0.15) is 13.8 Å². The van der Waals surface area contributed by atoms with Gasteiger partial charge in [-0.2, -0.15) is 18.3 Å². The summed E-state index contributed by atoms with van der Waals surface area (Å²) < 4.78 is 37.0. The average molecular weight is 194 g/mol. The molecule has 0 aromatic rings. The molecule has 0 bridgehead atoms. The first-order valence-electron chi connectivity index (χ1n) is 3.66. The molecule has 0 aromatic heterocycles. The number of nitrogens with zero attached hydrogens (tertiary/aromatic N) is 1. The molecule has 0 saturated heterocycles. The summed E-state index contributed by atoms with van der Waals surface area (Å²) in [7, 11) is 0. The lowest BCUT2D eigenvalue weighted by Gasteiger charge is -2.33. The van der Waals surface area contributed by atoms with Gasteiger partial charge in [-0.3, -0.25) is 4.79 Å². The molecule has 74 valence electrons. The number of carbonyl (C=O) groups is 1. The molecule has 1 N–H and O–H groups in total. The topological polar surface area (TPSA) is 41.5 Å². The van der Waals surface area contributed by atoms with Crippen LogP contribution in [0.25, 0.3) is 0 Å². The van der Waals surface area contributed by atoms with E-state index in [0.29, 0.717) is 0 Å². The molecule has 13 heavy (non-hydrogen) atoms. The highest BCUT2D eigenvalue weighted by atomic mass is 19.4. The first-order valence-corrected chi connectivity index (χ1v) is 3.66. The molecule has 0 aromatic carbocycles. The number of carbonyl (C=O) groups excluding carboxylic acids is 1. The Bertz CT molecular complexity index is 257. The number of amides is 1. The van der Waals surface area contributed by atoms with E-state index in [0.717, 1.165) is 6.21 Å². The molecule has 0 spiro atoms. The van der Waals surface area contributed by atoms with Gasteiger partial charge in [-0.15, -0.1) is 0 Å². The molecule has 0 fully saturated rings. The molecule has 1 amide bonds.